The SMILES string of the molecule is CCOC(=O)C1=C2C[C@H](NS(C)(=O)=O)CN2C(c2nccs2)=N[C@H]1c1ccc(Cl)cc1Cl. The van der Waals surface area contributed by atoms with Gasteiger partial charge in [0.05, 0.1) is 18.4 Å². The standard InChI is InChI=1S/C20H20Cl2N4O4S2/c1-3-30-20(27)16-15-9-12(25-32(2,28)29)10-26(15)18(19-23-6-7-31-19)24-17(16)13-5-4-11(21)8-14(13)22/h4-8,12,17,25H,3,9-10H2,1-2H3/t12-,17-/m0/s1. The highest BCUT2D eigenvalue weighted by atomic mass is 35.5. The molecule has 8 nitrogen and oxygen atoms in total. The van der Waals surface area contributed by atoms with Crippen LogP contribution in [0, 0.1) is 0 Å². The number of nitrogens with zero attached hydrogens (tertiary/aromatic N) is 3. The van der Waals surface area contributed by atoms with Gasteiger partial charge in [0.1, 0.15) is 6.04 Å². The minimum Gasteiger partial charge on any atom is -0.463 e. The molecule has 170 valence electrons. The van der Waals surface area contributed by atoms with Gasteiger partial charge < -0.3 is 9.64 Å². The van der Waals surface area contributed by atoms with Crippen LogP contribution in [0.2, 0.25) is 10.0 Å². The van der Waals surface area contributed by atoms with Gasteiger partial charge in [-0.25, -0.2) is 22.9 Å². The summed E-state index contributed by atoms with van der Waals surface area (Å²) in [6.45, 7) is 2.22. The van der Waals surface area contributed by atoms with Crippen LogP contribution in [0.4, 0.5) is 0 Å². The van der Waals surface area contributed by atoms with E-state index in [0.717, 1.165) is 6.26 Å². The van der Waals surface area contributed by atoms with Crippen molar-refractivity contribution in [3.8, 4) is 0 Å². The van der Waals surface area contributed by atoms with E-state index in [4.69, 9.17) is 32.9 Å². The number of aliphatic imine (C=N–C) groups is 1. The fourth-order valence-corrected chi connectivity index (χ4v) is 5.81. The lowest BCUT2D eigenvalue weighted by molar-refractivity contribution is -0.139. The Bertz CT molecular complexity index is 1210. The number of aromatic nitrogens is 1. The van der Waals surface area contributed by atoms with Crippen LogP contribution in [-0.2, 0) is 19.6 Å². The van der Waals surface area contributed by atoms with Crippen molar-refractivity contribution >= 4 is 56.4 Å². The summed E-state index contributed by atoms with van der Waals surface area (Å²) >= 11 is 14.0. The first-order valence-electron chi connectivity index (χ1n) is 9.75. The number of hydrogen-bond donors (Lipinski definition) is 1. The molecule has 12 heteroatoms. The summed E-state index contributed by atoms with van der Waals surface area (Å²) in [5.74, 6) is 0.0299. The van der Waals surface area contributed by atoms with Crippen LogP contribution >= 0.6 is 34.5 Å². The molecule has 4 rings (SSSR count). The molecular weight excluding hydrogens is 495 g/mol. The fraction of sp³-hybridized carbons (Fsp3) is 0.350. The number of rotatable bonds is 6. The predicted molar refractivity (Wildman–Crippen MR) is 125 cm³/mol. The van der Waals surface area contributed by atoms with E-state index in [2.05, 4.69) is 9.71 Å². The van der Waals surface area contributed by atoms with E-state index < -0.39 is 28.1 Å². The van der Waals surface area contributed by atoms with Crippen molar-refractivity contribution in [2.45, 2.75) is 25.4 Å². The van der Waals surface area contributed by atoms with Gasteiger partial charge in [0.2, 0.25) is 10.0 Å². The van der Waals surface area contributed by atoms with Gasteiger partial charge in [0, 0.05) is 51.9 Å². The number of halogens is 2. The molecular formula is C20H20Cl2N4O4S2. The number of hydrogen-bond acceptors (Lipinski definition) is 8. The van der Waals surface area contributed by atoms with Gasteiger partial charge in [0.25, 0.3) is 0 Å². The maximum absolute atomic E-state index is 13.1. The van der Waals surface area contributed by atoms with E-state index >= 15 is 0 Å². The summed E-state index contributed by atoms with van der Waals surface area (Å²) in [5, 5.41) is 3.31. The van der Waals surface area contributed by atoms with Gasteiger partial charge in [-0.2, -0.15) is 0 Å². The molecule has 0 saturated carbocycles. The normalized spacial score (nSPS) is 20.9. The Labute approximate surface area is 200 Å². The Kier molecular flexibility index (Phi) is 6.60. The highest BCUT2D eigenvalue weighted by molar-refractivity contribution is 7.88. The summed E-state index contributed by atoms with van der Waals surface area (Å²) in [7, 11) is -3.45. The van der Waals surface area contributed by atoms with Crippen LogP contribution in [0.25, 0.3) is 0 Å². The lowest BCUT2D eigenvalue weighted by atomic mass is 9.94. The molecule has 2 aliphatic heterocycles. The molecule has 1 aromatic carbocycles. The van der Waals surface area contributed by atoms with Gasteiger partial charge in [-0.15, -0.1) is 11.3 Å². The molecule has 0 amide bonds. The number of nitrogens with one attached hydrogen (secondary N) is 1. The van der Waals surface area contributed by atoms with E-state index in [1.165, 1.54) is 11.3 Å². The zero-order valence-electron chi connectivity index (χ0n) is 17.2. The first kappa shape index (κ1) is 23.2. The van der Waals surface area contributed by atoms with Gasteiger partial charge in [-0.05, 0) is 19.1 Å². The predicted octanol–water partition coefficient (Wildman–Crippen LogP) is 3.39. The number of ether oxygens (including phenoxy) is 1. The second-order valence-electron chi connectivity index (χ2n) is 7.34. The molecule has 32 heavy (non-hydrogen) atoms. The smallest absolute Gasteiger partial charge is 0.338 e. The second-order valence-corrected chi connectivity index (χ2v) is 10.9. The summed E-state index contributed by atoms with van der Waals surface area (Å²) in [6.07, 6.45) is 3.07. The average molecular weight is 515 g/mol. The van der Waals surface area contributed by atoms with Gasteiger partial charge in [-0.1, -0.05) is 29.3 Å². The van der Waals surface area contributed by atoms with Gasteiger partial charge >= 0.3 is 5.97 Å². The quantitative estimate of drug-likeness (QED) is 0.592. The molecule has 2 atom stereocenters. The van der Waals surface area contributed by atoms with Crippen molar-refractivity contribution in [2.75, 3.05) is 19.4 Å². The van der Waals surface area contributed by atoms with Crippen molar-refractivity contribution < 1.29 is 17.9 Å². The largest absolute Gasteiger partial charge is 0.463 e. The van der Waals surface area contributed by atoms with Crippen LogP contribution in [0.15, 0.2) is 46.0 Å². The molecule has 2 aliphatic rings. The number of thiazole rings is 1. The average Bonchev–Trinajstić information content (AvgIpc) is 3.35. The van der Waals surface area contributed by atoms with Crippen LogP contribution in [-0.4, -0.2) is 55.6 Å². The highest BCUT2D eigenvalue weighted by Gasteiger charge is 2.43. The Hall–Kier alpha value is -1.98. The van der Waals surface area contributed by atoms with Crippen LogP contribution in [0.5, 0.6) is 0 Å². The molecule has 1 saturated heterocycles. The van der Waals surface area contributed by atoms with E-state index in [9.17, 15) is 13.2 Å². The third kappa shape index (κ3) is 4.69. The molecule has 0 bridgehead atoms. The molecule has 3 heterocycles. The molecule has 0 aliphatic carbocycles. The van der Waals surface area contributed by atoms with E-state index in [-0.39, 0.29) is 6.61 Å². The summed E-state index contributed by atoms with van der Waals surface area (Å²) in [4.78, 5) is 24.2. The van der Waals surface area contributed by atoms with Crippen LogP contribution in [0.3, 0.4) is 0 Å². The molecule has 0 unspecified atom stereocenters. The number of sulfonamides is 1. The van der Waals surface area contributed by atoms with Crippen molar-refractivity contribution in [3.05, 3.63) is 61.7 Å². The number of amidine groups is 1. The number of benzene rings is 1. The zero-order valence-corrected chi connectivity index (χ0v) is 20.4. The number of esters is 1. The van der Waals surface area contributed by atoms with Crippen LogP contribution in [0.1, 0.15) is 30.0 Å². The molecule has 0 radical (unpaired) electrons. The second kappa shape index (κ2) is 9.11. The topological polar surface area (TPSA) is 101 Å². The van der Waals surface area contributed by atoms with Crippen molar-refractivity contribution in [1.82, 2.24) is 14.6 Å². The van der Waals surface area contributed by atoms with Gasteiger partial charge in [-0.3, -0.25) is 4.99 Å². The summed E-state index contributed by atoms with van der Waals surface area (Å²) in [6, 6.07) is 3.83. The van der Waals surface area contributed by atoms with Crippen molar-refractivity contribution in [1.29, 1.82) is 0 Å². The molecule has 1 fully saturated rings. The van der Waals surface area contributed by atoms with Crippen molar-refractivity contribution in [2.24, 2.45) is 4.99 Å². The molecule has 2 aromatic rings. The minimum atomic E-state index is -3.45. The van der Waals surface area contributed by atoms with E-state index in [1.54, 1.807) is 31.3 Å². The summed E-state index contributed by atoms with van der Waals surface area (Å²) < 4.78 is 31.7. The Morgan fingerprint density at radius 2 is 2.16 bits per heavy atom. The molecule has 0 spiro atoms. The maximum atomic E-state index is 13.1. The first-order chi connectivity index (χ1) is 15.2. The maximum Gasteiger partial charge on any atom is 0.338 e. The van der Waals surface area contributed by atoms with E-state index in [0.29, 0.717) is 50.7 Å². The fourth-order valence-electron chi connectivity index (χ4n) is 3.90. The highest BCUT2D eigenvalue weighted by Crippen LogP contribution is 2.43. The third-order valence-electron chi connectivity index (χ3n) is 5.02. The number of carbonyl (C=O) groups is 1. The molecule has 1 N–H and O–H groups in total. The summed E-state index contributed by atoms with van der Waals surface area (Å²) in [5.41, 5.74) is 1.56. The third-order valence-corrected chi connectivity index (χ3v) is 7.11. The Morgan fingerprint density at radius 3 is 2.78 bits per heavy atom. The molecule has 1 aromatic heterocycles. The number of fused-ring (bicyclic) bond motifs is 1. The monoisotopic (exact) mass is 514 g/mol. The van der Waals surface area contributed by atoms with Gasteiger partial charge in [0.15, 0.2) is 10.8 Å². The Morgan fingerprint density at radius 1 is 1.38 bits per heavy atom. The first-order valence-corrected chi connectivity index (χ1v) is 13.3. The van der Waals surface area contributed by atoms with E-state index in [1.807, 2.05) is 10.3 Å². The Balaban J connectivity index is 1.89. The van der Waals surface area contributed by atoms with Crippen LogP contribution < -0.4 is 4.72 Å². The lowest BCUT2D eigenvalue weighted by Gasteiger charge is -2.31. The van der Waals surface area contributed by atoms with Crippen molar-refractivity contribution in [3.63, 3.8) is 0 Å². The zero-order chi connectivity index (χ0) is 23.0. The number of carbonyl (C=O) groups excluding carboxylic acids is 1. The minimum absolute atomic E-state index is 0.185. The lowest BCUT2D eigenvalue weighted by Crippen LogP contribution is -2.39.